The van der Waals surface area contributed by atoms with E-state index in [2.05, 4.69) is 5.32 Å². The molecule has 10 heteroatoms. The van der Waals surface area contributed by atoms with Gasteiger partial charge in [0.1, 0.15) is 10.6 Å². The van der Waals surface area contributed by atoms with E-state index >= 15 is 0 Å². The summed E-state index contributed by atoms with van der Waals surface area (Å²) in [5.41, 5.74) is 1.19. The monoisotopic (exact) mass is 476 g/mol. The zero-order valence-electron chi connectivity index (χ0n) is 18.2. The van der Waals surface area contributed by atoms with Crippen molar-refractivity contribution in [3.63, 3.8) is 0 Å². The first kappa shape index (κ1) is 23.7. The Morgan fingerprint density at radius 2 is 1.88 bits per heavy atom. The molecule has 0 saturated heterocycles. The number of fused-ring (bicyclic) bond motifs is 1. The number of esters is 1. The van der Waals surface area contributed by atoms with Gasteiger partial charge in [0.25, 0.3) is 0 Å². The van der Waals surface area contributed by atoms with Gasteiger partial charge in [-0.15, -0.1) is 11.3 Å². The molecule has 170 valence electrons. The Hall–Kier alpha value is -2.95. The van der Waals surface area contributed by atoms with Crippen LogP contribution in [0.25, 0.3) is 10.1 Å². The second kappa shape index (κ2) is 9.68. The van der Waals surface area contributed by atoms with E-state index in [1.54, 1.807) is 37.3 Å². The predicted molar refractivity (Wildman–Crippen MR) is 124 cm³/mol. The molecule has 0 radical (unpaired) electrons. The minimum absolute atomic E-state index is 0.0868. The van der Waals surface area contributed by atoms with Gasteiger partial charge in [-0.1, -0.05) is 0 Å². The predicted octanol–water partition coefficient (Wildman–Crippen LogP) is 3.65. The molecule has 0 spiro atoms. The largest absolute Gasteiger partial charge is 0.494 e. The Labute approximate surface area is 190 Å². The lowest BCUT2D eigenvalue weighted by Crippen LogP contribution is -2.35. The number of carbonyl (C=O) groups excluding carboxylic acids is 2. The van der Waals surface area contributed by atoms with Crippen molar-refractivity contribution in [3.05, 3.63) is 52.9 Å². The Kier molecular flexibility index (Phi) is 7.17. The Morgan fingerprint density at radius 1 is 1.12 bits per heavy atom. The molecule has 0 aliphatic carbocycles. The highest BCUT2D eigenvalue weighted by Gasteiger charge is 2.24. The molecule has 0 atom stereocenters. The van der Waals surface area contributed by atoms with E-state index in [-0.39, 0.29) is 11.4 Å². The van der Waals surface area contributed by atoms with Crippen molar-refractivity contribution in [3.8, 4) is 5.75 Å². The van der Waals surface area contributed by atoms with Gasteiger partial charge in [-0.3, -0.25) is 4.79 Å². The fraction of sp³-hybridized carbons (Fsp3) is 0.273. The molecule has 0 fully saturated rings. The van der Waals surface area contributed by atoms with Crippen LogP contribution in [0.4, 0.5) is 5.69 Å². The second-order valence-corrected chi connectivity index (χ2v) is 10.2. The third-order valence-electron chi connectivity index (χ3n) is 4.71. The average molecular weight is 477 g/mol. The molecule has 8 nitrogen and oxygen atoms in total. The number of amides is 1. The summed E-state index contributed by atoms with van der Waals surface area (Å²) < 4.78 is 37.8. The van der Waals surface area contributed by atoms with Crippen LogP contribution in [0.1, 0.15) is 22.2 Å². The first-order valence-corrected chi connectivity index (χ1v) is 12.0. The summed E-state index contributed by atoms with van der Waals surface area (Å²) in [6.07, 6.45) is 0. The zero-order valence-corrected chi connectivity index (χ0v) is 19.8. The lowest BCUT2D eigenvalue weighted by atomic mass is 10.2. The molecule has 0 aliphatic heterocycles. The smallest absolute Gasteiger partial charge is 0.348 e. The molecule has 0 saturated carbocycles. The van der Waals surface area contributed by atoms with Crippen molar-refractivity contribution < 1.29 is 27.5 Å². The van der Waals surface area contributed by atoms with Crippen molar-refractivity contribution in [2.75, 3.05) is 32.6 Å². The number of hydrogen-bond donors (Lipinski definition) is 1. The molecule has 32 heavy (non-hydrogen) atoms. The quantitative estimate of drug-likeness (QED) is 0.498. The first-order chi connectivity index (χ1) is 15.1. The number of sulfonamides is 1. The van der Waals surface area contributed by atoms with E-state index in [9.17, 15) is 18.0 Å². The third kappa shape index (κ3) is 5.09. The maximum Gasteiger partial charge on any atom is 0.348 e. The van der Waals surface area contributed by atoms with E-state index in [1.165, 1.54) is 37.6 Å². The lowest BCUT2D eigenvalue weighted by Gasteiger charge is -2.18. The second-order valence-electron chi connectivity index (χ2n) is 7.02. The number of anilines is 1. The van der Waals surface area contributed by atoms with E-state index in [0.29, 0.717) is 28.5 Å². The number of methoxy groups -OCH3 is 1. The number of benzene rings is 2. The average Bonchev–Trinajstić information content (AvgIpc) is 3.18. The summed E-state index contributed by atoms with van der Waals surface area (Å²) in [6.45, 7) is 3.74. The number of likely N-dealkylation sites (N-methyl/N-ethyl adjacent to an activating group) is 1. The molecule has 0 unspecified atom stereocenters. The number of nitrogens with zero attached hydrogens (tertiary/aromatic N) is 1. The highest BCUT2D eigenvalue weighted by atomic mass is 32.2. The molecular formula is C22H24N2O6S2. The third-order valence-corrected chi connectivity index (χ3v) is 7.60. The van der Waals surface area contributed by atoms with Gasteiger partial charge < -0.3 is 14.8 Å². The molecule has 1 N–H and O–H groups in total. The molecule has 1 heterocycles. The number of carbonyl (C=O) groups is 2. The number of hydrogen-bond acceptors (Lipinski definition) is 7. The molecule has 0 aliphatic rings. The fourth-order valence-electron chi connectivity index (χ4n) is 3.09. The topological polar surface area (TPSA) is 102 Å². The normalized spacial score (nSPS) is 11.5. The SMILES string of the molecule is CCOc1ccc(S(=O)(=O)N(C)CC(=O)Nc2ccc3sc(C(=O)OC)cc3c2)cc1C. The van der Waals surface area contributed by atoms with Crippen molar-refractivity contribution >= 4 is 49.0 Å². The van der Waals surface area contributed by atoms with Crippen molar-refractivity contribution in [1.29, 1.82) is 0 Å². The van der Waals surface area contributed by atoms with Crippen LogP contribution in [0.3, 0.4) is 0 Å². The van der Waals surface area contributed by atoms with Crippen molar-refractivity contribution in [2.45, 2.75) is 18.7 Å². The summed E-state index contributed by atoms with van der Waals surface area (Å²) in [7, 11) is -1.19. The molecule has 3 rings (SSSR count). The van der Waals surface area contributed by atoms with Gasteiger partial charge in [0.2, 0.25) is 15.9 Å². The minimum Gasteiger partial charge on any atom is -0.494 e. The van der Waals surface area contributed by atoms with E-state index in [4.69, 9.17) is 9.47 Å². The summed E-state index contributed by atoms with van der Waals surface area (Å²) in [6, 6.07) is 11.5. The van der Waals surface area contributed by atoms with Crippen LogP contribution in [-0.4, -0.2) is 51.9 Å². The van der Waals surface area contributed by atoms with Gasteiger partial charge in [0.05, 0.1) is 25.2 Å². The van der Waals surface area contributed by atoms with E-state index < -0.39 is 21.9 Å². The zero-order chi connectivity index (χ0) is 23.5. The van der Waals surface area contributed by atoms with Crippen molar-refractivity contribution in [1.82, 2.24) is 4.31 Å². The van der Waals surface area contributed by atoms with Crippen molar-refractivity contribution in [2.24, 2.45) is 0 Å². The number of aryl methyl sites for hydroxylation is 1. The Bertz CT molecular complexity index is 1270. The minimum atomic E-state index is -3.86. The van der Waals surface area contributed by atoms with Crippen LogP contribution in [0.2, 0.25) is 0 Å². The first-order valence-electron chi connectivity index (χ1n) is 9.77. The highest BCUT2D eigenvalue weighted by molar-refractivity contribution is 7.89. The highest BCUT2D eigenvalue weighted by Crippen LogP contribution is 2.29. The van der Waals surface area contributed by atoms with Gasteiger partial charge in [0.15, 0.2) is 0 Å². The van der Waals surface area contributed by atoms with E-state index in [0.717, 1.165) is 14.4 Å². The Morgan fingerprint density at radius 3 is 2.53 bits per heavy atom. The van der Waals surface area contributed by atoms with Crippen LogP contribution in [0.15, 0.2) is 47.4 Å². The molecular weight excluding hydrogens is 452 g/mol. The van der Waals surface area contributed by atoms with Gasteiger partial charge in [-0.2, -0.15) is 4.31 Å². The van der Waals surface area contributed by atoms with Crippen LogP contribution in [0.5, 0.6) is 5.75 Å². The maximum atomic E-state index is 12.9. The number of nitrogens with one attached hydrogen (secondary N) is 1. The van der Waals surface area contributed by atoms with Gasteiger partial charge in [-0.05, 0) is 67.3 Å². The molecule has 2 aromatic carbocycles. The van der Waals surface area contributed by atoms with E-state index in [1.807, 2.05) is 6.92 Å². The molecule has 1 amide bonds. The van der Waals surface area contributed by atoms with Gasteiger partial charge in [0, 0.05) is 17.4 Å². The molecule has 0 bridgehead atoms. The van der Waals surface area contributed by atoms with Crippen LogP contribution in [0, 0.1) is 6.92 Å². The molecule has 1 aromatic heterocycles. The number of rotatable bonds is 8. The summed E-state index contributed by atoms with van der Waals surface area (Å²) >= 11 is 1.29. The fourth-order valence-corrected chi connectivity index (χ4v) is 5.26. The standard InChI is InChI=1S/C22H24N2O6S2/c1-5-30-18-8-7-17(10-14(18)2)32(27,28)24(3)13-21(25)23-16-6-9-19-15(11-16)12-20(31-19)22(26)29-4/h6-12H,5,13H2,1-4H3,(H,23,25). The maximum absolute atomic E-state index is 12.9. The Balaban J connectivity index is 1.71. The summed E-state index contributed by atoms with van der Waals surface area (Å²) in [5, 5.41) is 3.48. The lowest BCUT2D eigenvalue weighted by molar-refractivity contribution is -0.116. The van der Waals surface area contributed by atoms with Crippen LogP contribution in [-0.2, 0) is 19.6 Å². The van der Waals surface area contributed by atoms with Crippen LogP contribution < -0.4 is 10.1 Å². The van der Waals surface area contributed by atoms with Gasteiger partial charge >= 0.3 is 5.97 Å². The van der Waals surface area contributed by atoms with Crippen LogP contribution >= 0.6 is 11.3 Å². The van der Waals surface area contributed by atoms with Gasteiger partial charge in [-0.25, -0.2) is 13.2 Å². The number of thiophene rings is 1. The number of ether oxygens (including phenoxy) is 2. The summed E-state index contributed by atoms with van der Waals surface area (Å²) in [5.74, 6) is -0.291. The molecule has 3 aromatic rings. The summed E-state index contributed by atoms with van der Waals surface area (Å²) in [4.78, 5) is 24.7.